The average molecular weight is 264 g/mol. The molecule has 0 saturated carbocycles. The molecule has 0 radical (unpaired) electrons. The van der Waals surface area contributed by atoms with E-state index >= 15 is 0 Å². The summed E-state index contributed by atoms with van der Waals surface area (Å²) in [5.74, 6) is 0. The summed E-state index contributed by atoms with van der Waals surface area (Å²) in [6.45, 7) is 0.708. The molecular weight excluding hydrogens is 248 g/mol. The van der Waals surface area contributed by atoms with Crippen molar-refractivity contribution in [2.24, 2.45) is 0 Å². The Morgan fingerprint density at radius 2 is 1.85 bits per heavy atom. The zero-order valence-corrected chi connectivity index (χ0v) is 11.1. The minimum absolute atomic E-state index is 0.0727. The molecule has 3 nitrogen and oxygen atoms in total. The number of nitriles is 1. The number of hydrogen-bond donors (Lipinski definition) is 1. The molecule has 20 heavy (non-hydrogen) atoms. The molecule has 0 aliphatic carbocycles. The van der Waals surface area contributed by atoms with Crippen molar-refractivity contribution in [3.05, 3.63) is 71.3 Å². The van der Waals surface area contributed by atoms with Gasteiger partial charge in [0.1, 0.15) is 6.23 Å². The Labute approximate surface area is 118 Å². The first-order valence-corrected chi connectivity index (χ1v) is 6.77. The van der Waals surface area contributed by atoms with E-state index < -0.39 is 0 Å². The fourth-order valence-corrected chi connectivity index (χ4v) is 2.46. The van der Waals surface area contributed by atoms with Gasteiger partial charge in [-0.1, -0.05) is 42.5 Å². The maximum absolute atomic E-state index is 8.80. The van der Waals surface area contributed by atoms with Crippen LogP contribution in [-0.4, -0.2) is 12.6 Å². The summed E-state index contributed by atoms with van der Waals surface area (Å²) in [5, 5.41) is 12.3. The molecule has 1 saturated heterocycles. The molecule has 2 atom stereocenters. The van der Waals surface area contributed by atoms with Crippen molar-refractivity contribution in [2.45, 2.75) is 18.7 Å². The van der Waals surface area contributed by atoms with E-state index in [-0.39, 0.29) is 6.23 Å². The highest BCUT2D eigenvalue weighted by molar-refractivity contribution is 5.32. The fourth-order valence-electron chi connectivity index (χ4n) is 2.46. The first-order chi connectivity index (χ1) is 9.85. The zero-order valence-electron chi connectivity index (χ0n) is 11.1. The second-order valence-electron chi connectivity index (χ2n) is 5.00. The summed E-state index contributed by atoms with van der Waals surface area (Å²) in [5.41, 5.74) is 3.06. The maximum atomic E-state index is 8.80. The molecule has 0 amide bonds. The van der Waals surface area contributed by atoms with Crippen LogP contribution in [0.5, 0.6) is 0 Å². The van der Waals surface area contributed by atoms with Crippen LogP contribution >= 0.6 is 0 Å². The molecule has 2 aromatic carbocycles. The summed E-state index contributed by atoms with van der Waals surface area (Å²) >= 11 is 0. The van der Waals surface area contributed by atoms with Gasteiger partial charge in [-0.2, -0.15) is 5.26 Å². The molecule has 0 unspecified atom stereocenters. The Morgan fingerprint density at radius 3 is 2.55 bits per heavy atom. The highest BCUT2D eigenvalue weighted by Gasteiger charge is 2.25. The van der Waals surface area contributed by atoms with E-state index in [0.717, 1.165) is 12.0 Å². The summed E-state index contributed by atoms with van der Waals surface area (Å²) < 4.78 is 5.80. The molecule has 1 aliphatic heterocycles. The molecule has 0 spiro atoms. The predicted molar refractivity (Wildman–Crippen MR) is 76.9 cm³/mol. The van der Waals surface area contributed by atoms with Gasteiger partial charge in [0.15, 0.2) is 0 Å². The van der Waals surface area contributed by atoms with Crippen molar-refractivity contribution in [1.29, 1.82) is 5.26 Å². The monoisotopic (exact) mass is 264 g/mol. The van der Waals surface area contributed by atoms with Gasteiger partial charge < -0.3 is 4.74 Å². The Bertz CT molecular complexity index is 601. The van der Waals surface area contributed by atoms with Crippen molar-refractivity contribution in [3.63, 3.8) is 0 Å². The van der Waals surface area contributed by atoms with Crippen molar-refractivity contribution in [3.8, 4) is 6.07 Å². The SMILES string of the molecule is N#Cc1ccc([C@@H]2N[C@@H](Cc3ccccc3)CO2)cc1. The smallest absolute Gasteiger partial charge is 0.134 e. The van der Waals surface area contributed by atoms with Crippen molar-refractivity contribution < 1.29 is 4.74 Å². The van der Waals surface area contributed by atoms with Gasteiger partial charge in [-0.05, 0) is 29.7 Å². The van der Waals surface area contributed by atoms with Crippen LogP contribution in [0, 0.1) is 11.3 Å². The lowest BCUT2D eigenvalue weighted by Gasteiger charge is -2.12. The largest absolute Gasteiger partial charge is 0.357 e. The molecule has 1 N–H and O–H groups in total. The lowest BCUT2D eigenvalue weighted by atomic mass is 10.1. The van der Waals surface area contributed by atoms with Crippen LogP contribution in [0.3, 0.4) is 0 Å². The summed E-state index contributed by atoms with van der Waals surface area (Å²) in [6, 6.07) is 20.4. The Morgan fingerprint density at radius 1 is 1.10 bits per heavy atom. The number of hydrogen-bond acceptors (Lipinski definition) is 3. The fraction of sp³-hybridized carbons (Fsp3) is 0.235. The number of ether oxygens (including phenoxy) is 1. The standard InChI is InChI=1S/C17H16N2O/c18-11-14-6-8-15(9-7-14)17-19-16(12-20-17)10-13-4-2-1-3-5-13/h1-9,16-17,19H,10,12H2/t16-,17+/m0/s1. The van der Waals surface area contributed by atoms with Crippen LogP contribution in [0.2, 0.25) is 0 Å². The van der Waals surface area contributed by atoms with Crippen molar-refractivity contribution in [1.82, 2.24) is 5.32 Å². The van der Waals surface area contributed by atoms with Gasteiger partial charge in [0.25, 0.3) is 0 Å². The average Bonchev–Trinajstić information content (AvgIpc) is 2.97. The molecule has 1 fully saturated rings. The number of nitrogens with zero attached hydrogens (tertiary/aromatic N) is 1. The molecule has 1 aliphatic rings. The van der Waals surface area contributed by atoms with E-state index in [1.807, 2.05) is 30.3 Å². The highest BCUT2D eigenvalue weighted by Crippen LogP contribution is 2.22. The number of rotatable bonds is 3. The minimum atomic E-state index is -0.0727. The molecule has 100 valence electrons. The van der Waals surface area contributed by atoms with E-state index in [1.54, 1.807) is 0 Å². The van der Waals surface area contributed by atoms with E-state index in [2.05, 4.69) is 35.7 Å². The molecule has 3 heteroatoms. The normalized spacial score (nSPS) is 21.6. The molecule has 1 heterocycles. The first kappa shape index (κ1) is 12.9. The van der Waals surface area contributed by atoms with Gasteiger partial charge >= 0.3 is 0 Å². The van der Waals surface area contributed by atoms with Crippen LogP contribution in [0.1, 0.15) is 22.9 Å². The van der Waals surface area contributed by atoms with Gasteiger partial charge in [-0.3, -0.25) is 5.32 Å². The maximum Gasteiger partial charge on any atom is 0.134 e. The Hall–Kier alpha value is -2.15. The van der Waals surface area contributed by atoms with Crippen molar-refractivity contribution in [2.75, 3.05) is 6.61 Å². The lowest BCUT2D eigenvalue weighted by Crippen LogP contribution is -2.27. The van der Waals surface area contributed by atoms with E-state index in [1.165, 1.54) is 5.56 Å². The molecule has 2 aromatic rings. The number of nitrogens with one attached hydrogen (secondary N) is 1. The highest BCUT2D eigenvalue weighted by atomic mass is 16.5. The van der Waals surface area contributed by atoms with Gasteiger partial charge in [0.2, 0.25) is 0 Å². The van der Waals surface area contributed by atoms with Crippen LogP contribution in [0.25, 0.3) is 0 Å². The third-order valence-corrected chi connectivity index (χ3v) is 3.52. The quantitative estimate of drug-likeness (QED) is 0.927. The zero-order chi connectivity index (χ0) is 13.8. The lowest BCUT2D eigenvalue weighted by molar-refractivity contribution is 0.101. The third-order valence-electron chi connectivity index (χ3n) is 3.52. The van der Waals surface area contributed by atoms with E-state index in [0.29, 0.717) is 18.2 Å². The van der Waals surface area contributed by atoms with Crippen LogP contribution in [0.4, 0.5) is 0 Å². The van der Waals surface area contributed by atoms with Gasteiger partial charge in [0, 0.05) is 6.04 Å². The summed E-state index contributed by atoms with van der Waals surface area (Å²) in [7, 11) is 0. The van der Waals surface area contributed by atoms with Crippen LogP contribution in [0.15, 0.2) is 54.6 Å². The molecule has 0 aromatic heterocycles. The molecule has 3 rings (SSSR count). The Kier molecular flexibility index (Phi) is 3.78. The second-order valence-corrected chi connectivity index (χ2v) is 5.00. The topological polar surface area (TPSA) is 45.0 Å². The summed E-state index contributed by atoms with van der Waals surface area (Å²) in [6.07, 6.45) is 0.893. The molecular formula is C17H16N2O. The first-order valence-electron chi connectivity index (χ1n) is 6.77. The van der Waals surface area contributed by atoms with E-state index in [9.17, 15) is 0 Å². The Balaban J connectivity index is 1.63. The predicted octanol–water partition coefficient (Wildman–Crippen LogP) is 2.79. The summed E-state index contributed by atoms with van der Waals surface area (Å²) in [4.78, 5) is 0. The third kappa shape index (κ3) is 2.88. The van der Waals surface area contributed by atoms with Crippen LogP contribution < -0.4 is 5.32 Å². The second kappa shape index (κ2) is 5.87. The van der Waals surface area contributed by atoms with Gasteiger partial charge in [-0.25, -0.2) is 0 Å². The molecule has 0 bridgehead atoms. The number of benzene rings is 2. The van der Waals surface area contributed by atoms with Crippen molar-refractivity contribution >= 4 is 0 Å². The van der Waals surface area contributed by atoms with E-state index in [4.69, 9.17) is 10.00 Å². The van der Waals surface area contributed by atoms with Crippen LogP contribution in [-0.2, 0) is 11.2 Å². The van der Waals surface area contributed by atoms with Gasteiger partial charge in [0.05, 0.1) is 18.2 Å². The van der Waals surface area contributed by atoms with Gasteiger partial charge in [-0.15, -0.1) is 0 Å². The minimum Gasteiger partial charge on any atom is -0.357 e.